The molecular weight excluding hydrogens is 893 g/mol. The predicted molar refractivity (Wildman–Crippen MR) is 257 cm³/mol. The van der Waals surface area contributed by atoms with Crippen LogP contribution < -0.4 is 18.9 Å². The number of esters is 2. The van der Waals surface area contributed by atoms with E-state index in [4.69, 9.17) is 38.4 Å². The summed E-state index contributed by atoms with van der Waals surface area (Å²) >= 11 is 0. The molecule has 4 aromatic heterocycles. The third-order valence-corrected chi connectivity index (χ3v) is 13.6. The fraction of sp³-hybridized carbons (Fsp3) is 0.377. The number of fused-ring (bicyclic) bond motifs is 6. The van der Waals surface area contributed by atoms with E-state index >= 15 is 0 Å². The number of ether oxygens (including phenoxy) is 6. The summed E-state index contributed by atoms with van der Waals surface area (Å²) in [6, 6.07) is 19.2. The molecule has 0 radical (unpaired) electrons. The Balaban J connectivity index is 0.781. The first-order valence-electron chi connectivity index (χ1n) is 23.9. The van der Waals surface area contributed by atoms with Crippen LogP contribution >= 0.6 is 0 Å². The molecule has 0 amide bonds. The smallest absolute Gasteiger partial charge is 0.374 e. The van der Waals surface area contributed by atoms with Gasteiger partial charge in [0, 0.05) is 77.7 Å². The van der Waals surface area contributed by atoms with Crippen molar-refractivity contribution in [2.75, 3.05) is 27.4 Å². The first-order chi connectivity index (χ1) is 34.2. The number of aliphatic imine (C=N–C) groups is 2. The zero-order valence-corrected chi connectivity index (χ0v) is 39.5. The summed E-state index contributed by atoms with van der Waals surface area (Å²) in [7, 11) is 3.21. The number of nitrogens with zero attached hydrogens (tertiary/aromatic N) is 8. The van der Waals surface area contributed by atoms with E-state index in [0.717, 1.165) is 44.8 Å². The molecule has 2 fully saturated rings. The van der Waals surface area contributed by atoms with Crippen molar-refractivity contribution in [1.29, 1.82) is 0 Å². The van der Waals surface area contributed by atoms with E-state index in [1.165, 1.54) is 0 Å². The molecule has 6 heterocycles. The third kappa shape index (κ3) is 9.27. The van der Waals surface area contributed by atoms with Crippen LogP contribution in [0.25, 0.3) is 11.6 Å². The number of methoxy groups -OCH3 is 2. The fourth-order valence-electron chi connectivity index (χ4n) is 10.3. The Bertz CT molecular complexity index is 2940. The number of aromatic nitrogens is 6. The Hall–Kier alpha value is -7.69. The van der Waals surface area contributed by atoms with E-state index in [2.05, 4.69) is 20.2 Å². The highest BCUT2D eigenvalue weighted by atomic mass is 16.6. The number of pyridine rings is 2. The van der Waals surface area contributed by atoms with Gasteiger partial charge in [0.1, 0.15) is 12.2 Å². The first kappa shape index (κ1) is 46.1. The van der Waals surface area contributed by atoms with Gasteiger partial charge in [-0.25, -0.2) is 24.1 Å². The molecule has 70 heavy (non-hydrogen) atoms. The highest BCUT2D eigenvalue weighted by Gasteiger charge is 2.41. The van der Waals surface area contributed by atoms with E-state index in [1.54, 1.807) is 48.4 Å². The molecule has 2 aliphatic carbocycles. The zero-order chi connectivity index (χ0) is 48.3. The number of Topliss-reactive ketones (excluding diaryl/α,β-unsaturated/α-hetero) is 1. The van der Waals surface area contributed by atoms with Crippen molar-refractivity contribution < 1.29 is 42.8 Å². The minimum Gasteiger partial charge on any atom is -0.493 e. The number of ketones is 1. The largest absolute Gasteiger partial charge is 0.493 e. The van der Waals surface area contributed by atoms with Gasteiger partial charge in [-0.05, 0) is 124 Å². The van der Waals surface area contributed by atoms with Crippen LogP contribution in [-0.2, 0) is 23.9 Å². The molecule has 17 nitrogen and oxygen atoms in total. The minimum absolute atomic E-state index is 0.0729. The second-order valence-corrected chi connectivity index (χ2v) is 17.7. The molecule has 360 valence electrons. The molecule has 17 heteroatoms. The van der Waals surface area contributed by atoms with Gasteiger partial charge >= 0.3 is 11.9 Å². The van der Waals surface area contributed by atoms with Gasteiger partial charge in [-0.15, -0.1) is 0 Å². The minimum atomic E-state index is -0.954. The Labute approximate surface area is 404 Å². The summed E-state index contributed by atoms with van der Waals surface area (Å²) in [6.07, 6.45) is 12.6. The molecule has 0 unspecified atom stereocenters. The summed E-state index contributed by atoms with van der Waals surface area (Å²) in [5.41, 5.74) is 7.07. The number of rotatable bonds is 16. The lowest BCUT2D eigenvalue weighted by Crippen LogP contribution is -2.37. The molecule has 0 bridgehead atoms. The molecule has 0 saturated heterocycles. The molecule has 0 spiro atoms. The average molecular weight is 947 g/mol. The number of hydrogen-bond donors (Lipinski definition) is 0. The Kier molecular flexibility index (Phi) is 13.2. The fourth-order valence-corrected chi connectivity index (χ4v) is 10.3. The lowest BCUT2D eigenvalue weighted by molar-refractivity contribution is -0.160. The van der Waals surface area contributed by atoms with Gasteiger partial charge in [-0.3, -0.25) is 19.6 Å². The molecule has 2 aromatic carbocycles. The molecule has 2 aliphatic heterocycles. The van der Waals surface area contributed by atoms with Crippen molar-refractivity contribution in [2.45, 2.75) is 101 Å². The topological polar surface area (TPSA) is 193 Å². The van der Waals surface area contributed by atoms with Crippen LogP contribution in [0.3, 0.4) is 0 Å². The lowest BCUT2D eigenvalue weighted by Gasteiger charge is -2.38. The summed E-state index contributed by atoms with van der Waals surface area (Å²) < 4.78 is 38.8. The monoisotopic (exact) mass is 946 g/mol. The number of hydrogen-bond acceptors (Lipinski definition) is 15. The number of carbonyl (C=O) groups excluding carboxylic acids is 3. The van der Waals surface area contributed by atoms with E-state index in [1.807, 2.05) is 86.9 Å². The SMILES string of the molecule is CCOc1cc2c(cc1OC)C(c1ccc(-n3cccn3)nc1)=N[C@@H]1CC[C@@H](OC(=O)CCC(=O)C(=O)O[C@@H]3CC[C@H]4N=C(c5ccc(-n6cccn6)nc5)c5cc(OC)c(OCC)cc5[C@H]4C3)C[C@H]21. The molecule has 4 aliphatic rings. The molecule has 6 atom stereocenters. The van der Waals surface area contributed by atoms with E-state index in [0.29, 0.717) is 86.4 Å². The predicted octanol–water partition coefficient (Wildman–Crippen LogP) is 7.51. The van der Waals surface area contributed by atoms with E-state index in [-0.39, 0.29) is 36.8 Å². The molecule has 10 rings (SSSR count). The van der Waals surface area contributed by atoms with Gasteiger partial charge in [0.05, 0.1) is 57.4 Å². The van der Waals surface area contributed by atoms with E-state index in [9.17, 15) is 14.4 Å². The summed E-state index contributed by atoms with van der Waals surface area (Å²) in [6.45, 7) is 4.74. The second kappa shape index (κ2) is 20.1. The van der Waals surface area contributed by atoms with Crippen molar-refractivity contribution in [1.82, 2.24) is 29.5 Å². The van der Waals surface area contributed by atoms with Gasteiger partial charge in [0.25, 0.3) is 0 Å². The van der Waals surface area contributed by atoms with Crippen LogP contribution in [0.1, 0.15) is 110 Å². The van der Waals surface area contributed by atoms with Gasteiger partial charge in [0.15, 0.2) is 34.6 Å². The van der Waals surface area contributed by atoms with Gasteiger partial charge in [-0.2, -0.15) is 10.2 Å². The lowest BCUT2D eigenvalue weighted by atomic mass is 9.74. The van der Waals surface area contributed by atoms with E-state index < -0.39 is 29.9 Å². The van der Waals surface area contributed by atoms with Gasteiger partial charge < -0.3 is 28.4 Å². The Morgan fingerprint density at radius 2 is 1.11 bits per heavy atom. The maximum Gasteiger partial charge on any atom is 0.374 e. The number of benzene rings is 2. The average Bonchev–Trinajstić information content (AvgIpc) is 4.14. The van der Waals surface area contributed by atoms with Crippen LogP contribution in [0.2, 0.25) is 0 Å². The molecular formula is C53H54N8O9. The molecule has 6 aromatic rings. The first-order valence-corrected chi connectivity index (χ1v) is 23.9. The van der Waals surface area contributed by atoms with Crippen molar-refractivity contribution >= 4 is 29.1 Å². The maximum absolute atomic E-state index is 13.4. The van der Waals surface area contributed by atoms with Gasteiger partial charge in [0.2, 0.25) is 5.78 Å². The summed E-state index contributed by atoms with van der Waals surface area (Å²) in [5.74, 6) is 1.30. The van der Waals surface area contributed by atoms with Crippen molar-refractivity contribution in [3.63, 3.8) is 0 Å². The third-order valence-electron chi connectivity index (χ3n) is 13.6. The highest BCUT2D eigenvalue weighted by molar-refractivity contribution is 6.33. The highest BCUT2D eigenvalue weighted by Crippen LogP contribution is 2.47. The molecule has 2 saturated carbocycles. The number of carbonyl (C=O) groups is 3. The molecule has 0 N–H and O–H groups in total. The van der Waals surface area contributed by atoms with Crippen LogP contribution in [0.15, 0.2) is 108 Å². The Morgan fingerprint density at radius 1 is 0.614 bits per heavy atom. The summed E-state index contributed by atoms with van der Waals surface area (Å²) in [5, 5.41) is 8.59. The van der Waals surface area contributed by atoms with Crippen LogP contribution in [0, 0.1) is 0 Å². The standard InChI is InChI=1S/C53H54N8O9/c1-5-67-46-25-35-37-23-33(11-13-41(37)58-51(39(35)27-44(46)65-3)31-9-16-48(54-29-31)60-21-7-19-56-60)69-50(63)18-15-43(62)53(64)70-34-12-14-42-38(24-34)36-26-47(68-6-2)45(66-4)28-40(36)52(59-42)32-10-17-49(55-30-32)61-22-8-20-57-61/h7-10,16-17,19-22,25-30,33-34,37-38,41-42H,5-6,11-15,18,23-24H2,1-4H3/t33-,34-,37-,38-,41-,42-/m1/s1. The van der Waals surface area contributed by atoms with Gasteiger partial charge in [-0.1, -0.05) is 0 Å². The zero-order valence-electron chi connectivity index (χ0n) is 39.5. The van der Waals surface area contributed by atoms with Crippen LogP contribution in [0.4, 0.5) is 0 Å². The van der Waals surface area contributed by atoms with Crippen molar-refractivity contribution in [2.24, 2.45) is 9.98 Å². The van der Waals surface area contributed by atoms with Crippen LogP contribution in [-0.4, -0.2) is 110 Å². The Morgan fingerprint density at radius 3 is 1.54 bits per heavy atom. The van der Waals surface area contributed by atoms with Crippen molar-refractivity contribution in [3.8, 4) is 34.6 Å². The van der Waals surface area contributed by atoms with Crippen LogP contribution in [0.5, 0.6) is 23.0 Å². The summed E-state index contributed by atoms with van der Waals surface area (Å²) in [4.78, 5) is 59.8. The second-order valence-electron chi connectivity index (χ2n) is 17.7. The van der Waals surface area contributed by atoms with Crippen molar-refractivity contribution in [3.05, 3.63) is 131 Å². The maximum atomic E-state index is 13.4. The quantitative estimate of drug-likeness (QED) is 0.0685. The normalized spacial score (nSPS) is 21.1.